The van der Waals surface area contributed by atoms with Gasteiger partial charge >= 0.3 is 0 Å². The number of halogens is 2. The molecule has 0 amide bonds. The number of hydrogen-bond acceptors (Lipinski definition) is 3. The Balaban J connectivity index is 1.75. The van der Waals surface area contributed by atoms with Crippen molar-refractivity contribution in [1.29, 1.82) is 0 Å². The van der Waals surface area contributed by atoms with Crippen LogP contribution in [0.3, 0.4) is 0 Å². The molecule has 0 fully saturated rings. The highest BCUT2D eigenvalue weighted by Gasteiger charge is 2.17. The molecule has 1 heterocycles. The summed E-state index contributed by atoms with van der Waals surface area (Å²) in [6.07, 6.45) is -0.693. The summed E-state index contributed by atoms with van der Waals surface area (Å²) in [5.74, 6) is 1.71. The summed E-state index contributed by atoms with van der Waals surface area (Å²) in [7, 11) is 0. The van der Waals surface area contributed by atoms with E-state index in [1.807, 2.05) is 24.3 Å². The zero-order valence-corrected chi connectivity index (χ0v) is 15.6. The standard InChI is InChI=1S/C19H20Cl2N2O2/c1-12(2)19-22-16-5-3-4-6-17(16)23(19)10-14(24)11-25-18-8-7-13(20)9-15(18)21/h3-9,12,14,24H,10-11H2,1-2H3. The minimum atomic E-state index is -0.693. The minimum Gasteiger partial charge on any atom is -0.489 e. The topological polar surface area (TPSA) is 47.3 Å². The van der Waals surface area contributed by atoms with Gasteiger partial charge in [0.25, 0.3) is 0 Å². The maximum atomic E-state index is 10.5. The predicted octanol–water partition coefficient (Wildman–Crippen LogP) is 4.91. The molecule has 1 N–H and O–H groups in total. The largest absolute Gasteiger partial charge is 0.489 e. The third-order valence-corrected chi connectivity index (χ3v) is 4.45. The highest BCUT2D eigenvalue weighted by molar-refractivity contribution is 6.35. The van der Waals surface area contributed by atoms with Crippen LogP contribution in [0, 0.1) is 0 Å². The predicted molar refractivity (Wildman–Crippen MR) is 102 cm³/mol. The van der Waals surface area contributed by atoms with E-state index in [1.165, 1.54) is 0 Å². The second kappa shape index (κ2) is 7.65. The Morgan fingerprint density at radius 2 is 1.92 bits per heavy atom. The molecule has 0 aliphatic carbocycles. The average molecular weight is 379 g/mol. The van der Waals surface area contributed by atoms with Crippen molar-refractivity contribution in [2.75, 3.05) is 6.61 Å². The van der Waals surface area contributed by atoms with Crippen LogP contribution in [-0.2, 0) is 6.54 Å². The van der Waals surface area contributed by atoms with Crippen molar-refractivity contribution in [2.45, 2.75) is 32.4 Å². The minimum absolute atomic E-state index is 0.130. The molecule has 0 saturated carbocycles. The van der Waals surface area contributed by atoms with Crippen molar-refractivity contribution in [2.24, 2.45) is 0 Å². The van der Waals surface area contributed by atoms with Gasteiger partial charge in [0.1, 0.15) is 24.3 Å². The van der Waals surface area contributed by atoms with Crippen LogP contribution in [0.5, 0.6) is 5.75 Å². The molecule has 0 spiro atoms. The molecule has 132 valence electrons. The van der Waals surface area contributed by atoms with Crippen LogP contribution in [0.2, 0.25) is 10.0 Å². The van der Waals surface area contributed by atoms with Crippen LogP contribution in [0.15, 0.2) is 42.5 Å². The number of fused-ring (bicyclic) bond motifs is 1. The molecule has 1 unspecified atom stereocenters. The van der Waals surface area contributed by atoms with Crippen molar-refractivity contribution >= 4 is 34.2 Å². The molecule has 1 atom stereocenters. The van der Waals surface area contributed by atoms with Crippen molar-refractivity contribution in [3.63, 3.8) is 0 Å². The highest BCUT2D eigenvalue weighted by atomic mass is 35.5. The monoisotopic (exact) mass is 378 g/mol. The van der Waals surface area contributed by atoms with Crippen LogP contribution in [0.1, 0.15) is 25.6 Å². The van der Waals surface area contributed by atoms with Crippen LogP contribution < -0.4 is 4.74 Å². The lowest BCUT2D eigenvalue weighted by Crippen LogP contribution is -2.25. The van der Waals surface area contributed by atoms with E-state index in [-0.39, 0.29) is 12.5 Å². The number of para-hydroxylation sites is 2. The zero-order valence-electron chi connectivity index (χ0n) is 14.1. The quantitative estimate of drug-likeness (QED) is 0.662. The second-order valence-electron chi connectivity index (χ2n) is 6.26. The Labute approximate surface area is 157 Å². The summed E-state index contributed by atoms with van der Waals surface area (Å²) in [4.78, 5) is 4.68. The molecule has 3 rings (SSSR count). The molecule has 0 aliphatic heterocycles. The number of aliphatic hydroxyl groups excluding tert-OH is 1. The number of ether oxygens (including phenoxy) is 1. The number of aliphatic hydroxyl groups is 1. The fourth-order valence-corrected chi connectivity index (χ4v) is 3.23. The summed E-state index contributed by atoms with van der Waals surface area (Å²) >= 11 is 12.0. The van der Waals surface area contributed by atoms with Gasteiger partial charge in [-0.25, -0.2) is 4.98 Å². The van der Waals surface area contributed by atoms with E-state index in [0.29, 0.717) is 22.3 Å². The van der Waals surface area contributed by atoms with Gasteiger partial charge in [0.05, 0.1) is 22.6 Å². The first kappa shape index (κ1) is 18.1. The Morgan fingerprint density at radius 1 is 1.16 bits per heavy atom. The van der Waals surface area contributed by atoms with Crippen LogP contribution in [0.4, 0.5) is 0 Å². The van der Waals surface area contributed by atoms with Crippen LogP contribution in [-0.4, -0.2) is 27.4 Å². The molecule has 0 bridgehead atoms. The van der Waals surface area contributed by atoms with Gasteiger partial charge in [-0.1, -0.05) is 49.2 Å². The second-order valence-corrected chi connectivity index (χ2v) is 7.11. The van der Waals surface area contributed by atoms with E-state index < -0.39 is 6.10 Å². The Morgan fingerprint density at radius 3 is 2.64 bits per heavy atom. The normalized spacial score (nSPS) is 12.7. The van der Waals surface area contributed by atoms with Gasteiger partial charge in [-0.15, -0.1) is 0 Å². The maximum Gasteiger partial charge on any atom is 0.138 e. The number of rotatable bonds is 6. The number of imidazole rings is 1. The van der Waals surface area contributed by atoms with E-state index in [2.05, 4.69) is 23.4 Å². The Kier molecular flexibility index (Phi) is 5.52. The Bertz CT molecular complexity index is 877. The van der Waals surface area contributed by atoms with Gasteiger partial charge in [0.2, 0.25) is 0 Å². The zero-order chi connectivity index (χ0) is 18.0. The summed E-state index contributed by atoms with van der Waals surface area (Å²) in [6, 6.07) is 12.9. The third kappa shape index (κ3) is 4.09. The number of hydrogen-bond donors (Lipinski definition) is 1. The summed E-state index contributed by atoms with van der Waals surface area (Å²) in [6.45, 7) is 4.72. The fraction of sp³-hybridized carbons (Fsp3) is 0.316. The maximum absolute atomic E-state index is 10.5. The first-order valence-corrected chi connectivity index (χ1v) is 8.92. The van der Waals surface area contributed by atoms with Crippen LogP contribution >= 0.6 is 23.2 Å². The lowest BCUT2D eigenvalue weighted by Gasteiger charge is -2.17. The SMILES string of the molecule is CC(C)c1nc2ccccc2n1CC(O)COc1ccc(Cl)cc1Cl. The number of aromatic nitrogens is 2. The molecule has 25 heavy (non-hydrogen) atoms. The van der Waals surface area contributed by atoms with Gasteiger partial charge in [0, 0.05) is 10.9 Å². The van der Waals surface area contributed by atoms with Gasteiger partial charge in [0.15, 0.2) is 0 Å². The lowest BCUT2D eigenvalue weighted by atomic mass is 10.2. The van der Waals surface area contributed by atoms with Gasteiger partial charge in [-0.05, 0) is 30.3 Å². The number of benzene rings is 2. The van der Waals surface area contributed by atoms with E-state index in [1.54, 1.807) is 18.2 Å². The molecule has 6 heteroatoms. The Hall–Kier alpha value is -1.75. The van der Waals surface area contributed by atoms with E-state index in [9.17, 15) is 5.11 Å². The van der Waals surface area contributed by atoms with Gasteiger partial charge in [-0.2, -0.15) is 0 Å². The van der Waals surface area contributed by atoms with E-state index in [0.717, 1.165) is 16.9 Å². The van der Waals surface area contributed by atoms with E-state index >= 15 is 0 Å². The molecular weight excluding hydrogens is 359 g/mol. The lowest BCUT2D eigenvalue weighted by molar-refractivity contribution is 0.0926. The molecule has 2 aromatic carbocycles. The highest BCUT2D eigenvalue weighted by Crippen LogP contribution is 2.28. The van der Waals surface area contributed by atoms with Crippen molar-refractivity contribution in [3.8, 4) is 5.75 Å². The van der Waals surface area contributed by atoms with Crippen molar-refractivity contribution < 1.29 is 9.84 Å². The molecule has 4 nitrogen and oxygen atoms in total. The van der Waals surface area contributed by atoms with E-state index in [4.69, 9.17) is 27.9 Å². The molecule has 0 aliphatic rings. The molecule has 0 radical (unpaired) electrons. The smallest absolute Gasteiger partial charge is 0.138 e. The first-order chi connectivity index (χ1) is 12.0. The first-order valence-electron chi connectivity index (χ1n) is 8.16. The fourth-order valence-electron chi connectivity index (χ4n) is 2.77. The summed E-state index contributed by atoms with van der Waals surface area (Å²) < 4.78 is 7.69. The number of nitrogens with zero attached hydrogens (tertiary/aromatic N) is 2. The van der Waals surface area contributed by atoms with Gasteiger partial charge < -0.3 is 14.4 Å². The summed E-state index contributed by atoms with van der Waals surface area (Å²) in [5, 5.41) is 11.4. The third-order valence-electron chi connectivity index (χ3n) is 3.92. The summed E-state index contributed by atoms with van der Waals surface area (Å²) in [5.41, 5.74) is 1.94. The molecule has 3 aromatic rings. The average Bonchev–Trinajstić information content (AvgIpc) is 2.93. The molecule has 1 aromatic heterocycles. The molecular formula is C19H20Cl2N2O2. The molecule has 0 saturated heterocycles. The van der Waals surface area contributed by atoms with Crippen molar-refractivity contribution in [1.82, 2.24) is 9.55 Å². The van der Waals surface area contributed by atoms with Gasteiger partial charge in [-0.3, -0.25) is 0 Å². The van der Waals surface area contributed by atoms with Crippen LogP contribution in [0.25, 0.3) is 11.0 Å². The van der Waals surface area contributed by atoms with Crippen molar-refractivity contribution in [3.05, 3.63) is 58.3 Å².